The molecule has 1 aromatic rings. The molecule has 0 bridgehead atoms. The van der Waals surface area contributed by atoms with Gasteiger partial charge in [-0.2, -0.15) is 0 Å². The van der Waals surface area contributed by atoms with Gasteiger partial charge >= 0.3 is 6.01 Å². The molecular formula is C11H22N4O. The second-order valence-electron chi connectivity index (χ2n) is 5.38. The predicted octanol–water partition coefficient (Wildman–Crippen LogP) is 2.03. The van der Waals surface area contributed by atoms with Crippen molar-refractivity contribution in [1.29, 1.82) is 0 Å². The maximum Gasteiger partial charge on any atom is 0.315 e. The molecule has 0 unspecified atom stereocenters. The molecule has 1 heterocycles. The summed E-state index contributed by atoms with van der Waals surface area (Å²) in [5, 5.41) is 14.3. The summed E-state index contributed by atoms with van der Waals surface area (Å²) in [6.45, 7) is 12.0. The minimum Gasteiger partial charge on any atom is -0.407 e. The smallest absolute Gasteiger partial charge is 0.315 e. The number of rotatable bonds is 5. The summed E-state index contributed by atoms with van der Waals surface area (Å²) in [6.07, 6.45) is 0. The lowest BCUT2D eigenvalue weighted by molar-refractivity contribution is 0.383. The van der Waals surface area contributed by atoms with Crippen molar-refractivity contribution in [2.75, 3.05) is 11.9 Å². The first-order valence-corrected chi connectivity index (χ1v) is 5.68. The minimum absolute atomic E-state index is 0.0556. The molecule has 0 aliphatic carbocycles. The fraction of sp³-hybridized carbons (Fsp3) is 0.818. The molecule has 0 saturated heterocycles. The van der Waals surface area contributed by atoms with E-state index in [9.17, 15) is 0 Å². The highest BCUT2D eigenvalue weighted by Gasteiger charge is 2.11. The van der Waals surface area contributed by atoms with Crippen LogP contribution >= 0.6 is 0 Å². The van der Waals surface area contributed by atoms with Crippen LogP contribution in [0.4, 0.5) is 6.01 Å². The number of hydrogen-bond acceptors (Lipinski definition) is 5. The third kappa shape index (κ3) is 5.11. The van der Waals surface area contributed by atoms with E-state index in [4.69, 9.17) is 4.42 Å². The highest BCUT2D eigenvalue weighted by atomic mass is 16.4. The van der Waals surface area contributed by atoms with Crippen LogP contribution in [0.1, 0.15) is 40.5 Å². The Hall–Kier alpha value is -1.10. The van der Waals surface area contributed by atoms with Crippen molar-refractivity contribution >= 4 is 6.01 Å². The molecule has 0 amide bonds. The summed E-state index contributed by atoms with van der Waals surface area (Å²) in [5.41, 5.74) is 0.0556. The third-order valence-corrected chi connectivity index (χ3v) is 1.90. The summed E-state index contributed by atoms with van der Waals surface area (Å²) >= 11 is 0. The Morgan fingerprint density at radius 2 is 1.94 bits per heavy atom. The Balaban J connectivity index is 2.39. The van der Waals surface area contributed by atoms with Crippen molar-refractivity contribution in [3.8, 4) is 0 Å². The fourth-order valence-corrected chi connectivity index (χ4v) is 1.03. The molecule has 5 nitrogen and oxygen atoms in total. The number of anilines is 1. The zero-order chi connectivity index (χ0) is 12.2. The van der Waals surface area contributed by atoms with E-state index in [-0.39, 0.29) is 5.54 Å². The Kier molecular flexibility index (Phi) is 4.29. The highest BCUT2D eigenvalue weighted by molar-refractivity contribution is 5.16. The van der Waals surface area contributed by atoms with E-state index in [1.54, 1.807) is 0 Å². The first kappa shape index (κ1) is 13.0. The van der Waals surface area contributed by atoms with Gasteiger partial charge < -0.3 is 15.1 Å². The van der Waals surface area contributed by atoms with Crippen molar-refractivity contribution in [1.82, 2.24) is 15.5 Å². The van der Waals surface area contributed by atoms with Gasteiger partial charge in [0.15, 0.2) is 0 Å². The summed E-state index contributed by atoms with van der Waals surface area (Å²) in [5.74, 6) is 1.17. The van der Waals surface area contributed by atoms with Crippen LogP contribution in [0.25, 0.3) is 0 Å². The monoisotopic (exact) mass is 226 g/mol. The van der Waals surface area contributed by atoms with Crippen LogP contribution in [0.5, 0.6) is 0 Å². The average molecular weight is 226 g/mol. The highest BCUT2D eigenvalue weighted by Crippen LogP contribution is 2.08. The molecule has 5 heteroatoms. The molecule has 0 aromatic carbocycles. The summed E-state index contributed by atoms with van der Waals surface area (Å²) < 4.78 is 5.43. The quantitative estimate of drug-likeness (QED) is 0.804. The molecule has 2 N–H and O–H groups in total. The van der Waals surface area contributed by atoms with Crippen LogP contribution in [-0.2, 0) is 6.54 Å². The molecule has 0 atom stereocenters. The second kappa shape index (κ2) is 5.30. The Bertz CT molecular complexity index is 314. The SMILES string of the molecule is CC(C)CNc1nnc(CNC(C)(C)C)o1. The molecule has 16 heavy (non-hydrogen) atoms. The van der Waals surface area contributed by atoms with E-state index in [2.05, 4.69) is 55.4 Å². The molecule has 1 rings (SSSR count). The van der Waals surface area contributed by atoms with Gasteiger partial charge in [-0.1, -0.05) is 18.9 Å². The van der Waals surface area contributed by atoms with Crippen LogP contribution in [-0.4, -0.2) is 22.3 Å². The Morgan fingerprint density at radius 1 is 1.25 bits per heavy atom. The van der Waals surface area contributed by atoms with Crippen LogP contribution in [0.2, 0.25) is 0 Å². The van der Waals surface area contributed by atoms with E-state index in [1.165, 1.54) is 0 Å². The Morgan fingerprint density at radius 3 is 2.50 bits per heavy atom. The van der Waals surface area contributed by atoms with Crippen LogP contribution in [0.15, 0.2) is 4.42 Å². The second-order valence-corrected chi connectivity index (χ2v) is 5.38. The van der Waals surface area contributed by atoms with E-state index >= 15 is 0 Å². The van der Waals surface area contributed by atoms with Crippen molar-refractivity contribution < 1.29 is 4.42 Å². The Labute approximate surface area is 97.0 Å². The first-order chi connectivity index (χ1) is 7.37. The van der Waals surface area contributed by atoms with E-state index in [0.29, 0.717) is 24.4 Å². The molecule has 0 spiro atoms. The topological polar surface area (TPSA) is 63.0 Å². The third-order valence-electron chi connectivity index (χ3n) is 1.90. The van der Waals surface area contributed by atoms with Gasteiger partial charge in [-0.05, 0) is 26.7 Å². The van der Waals surface area contributed by atoms with E-state index < -0.39 is 0 Å². The average Bonchev–Trinajstić information content (AvgIpc) is 2.58. The van der Waals surface area contributed by atoms with Crippen LogP contribution in [0.3, 0.4) is 0 Å². The van der Waals surface area contributed by atoms with E-state index in [1.807, 2.05) is 0 Å². The van der Waals surface area contributed by atoms with Crippen molar-refractivity contribution in [2.24, 2.45) is 5.92 Å². The van der Waals surface area contributed by atoms with Gasteiger partial charge in [-0.3, -0.25) is 0 Å². The van der Waals surface area contributed by atoms with Gasteiger partial charge in [-0.25, -0.2) is 0 Å². The lowest BCUT2D eigenvalue weighted by atomic mass is 10.1. The summed E-state index contributed by atoms with van der Waals surface area (Å²) in [4.78, 5) is 0. The lowest BCUT2D eigenvalue weighted by Gasteiger charge is -2.18. The molecule has 0 fully saturated rings. The van der Waals surface area contributed by atoms with Crippen LogP contribution < -0.4 is 10.6 Å². The number of nitrogens with zero attached hydrogens (tertiary/aromatic N) is 2. The van der Waals surface area contributed by atoms with Crippen molar-refractivity contribution in [2.45, 2.75) is 46.7 Å². The maximum absolute atomic E-state index is 5.43. The summed E-state index contributed by atoms with van der Waals surface area (Å²) in [7, 11) is 0. The standard InChI is InChI=1S/C11H22N4O/c1-8(2)6-12-10-15-14-9(16-10)7-13-11(3,4)5/h8,13H,6-7H2,1-5H3,(H,12,15). The molecule has 0 aliphatic heterocycles. The maximum atomic E-state index is 5.43. The molecule has 0 saturated carbocycles. The first-order valence-electron chi connectivity index (χ1n) is 5.68. The normalized spacial score (nSPS) is 12.1. The number of aromatic nitrogens is 2. The van der Waals surface area contributed by atoms with Gasteiger partial charge in [0.05, 0.1) is 6.54 Å². The number of nitrogens with one attached hydrogen (secondary N) is 2. The summed E-state index contributed by atoms with van der Waals surface area (Å²) in [6, 6.07) is 0.499. The molecule has 1 aromatic heterocycles. The largest absolute Gasteiger partial charge is 0.407 e. The van der Waals surface area contributed by atoms with E-state index in [0.717, 1.165) is 6.54 Å². The lowest BCUT2D eigenvalue weighted by Crippen LogP contribution is -2.35. The number of hydrogen-bond donors (Lipinski definition) is 2. The molecule has 0 aliphatic rings. The predicted molar refractivity (Wildman–Crippen MR) is 64.2 cm³/mol. The molecular weight excluding hydrogens is 204 g/mol. The fourth-order valence-electron chi connectivity index (χ4n) is 1.03. The van der Waals surface area contributed by atoms with Gasteiger partial charge in [0.25, 0.3) is 0 Å². The minimum atomic E-state index is 0.0556. The zero-order valence-electron chi connectivity index (χ0n) is 10.8. The van der Waals surface area contributed by atoms with Gasteiger partial charge in [0.1, 0.15) is 0 Å². The molecule has 0 radical (unpaired) electrons. The van der Waals surface area contributed by atoms with Crippen LogP contribution in [0, 0.1) is 5.92 Å². The molecule has 92 valence electrons. The van der Waals surface area contributed by atoms with Gasteiger partial charge in [0.2, 0.25) is 5.89 Å². The van der Waals surface area contributed by atoms with Crippen molar-refractivity contribution in [3.05, 3.63) is 5.89 Å². The van der Waals surface area contributed by atoms with Gasteiger partial charge in [0, 0.05) is 12.1 Å². The van der Waals surface area contributed by atoms with Gasteiger partial charge in [-0.15, -0.1) is 5.10 Å². The zero-order valence-corrected chi connectivity index (χ0v) is 10.8. The van der Waals surface area contributed by atoms with Crippen molar-refractivity contribution in [3.63, 3.8) is 0 Å².